The molecular formula is C14H22N4O. The van der Waals surface area contributed by atoms with Crippen LogP contribution in [-0.2, 0) is 4.79 Å². The number of piperazine rings is 1. The van der Waals surface area contributed by atoms with Crippen molar-refractivity contribution >= 4 is 12.2 Å². The third-order valence-electron chi connectivity index (χ3n) is 3.70. The van der Waals surface area contributed by atoms with Crippen molar-refractivity contribution in [3.63, 3.8) is 0 Å². The van der Waals surface area contributed by atoms with Crippen molar-refractivity contribution in [3.05, 3.63) is 23.4 Å². The van der Waals surface area contributed by atoms with E-state index in [1.54, 1.807) is 4.90 Å². The fourth-order valence-corrected chi connectivity index (χ4v) is 2.40. The van der Waals surface area contributed by atoms with E-state index in [-0.39, 0.29) is 6.04 Å². The zero-order chi connectivity index (χ0) is 13.8. The lowest BCUT2D eigenvalue weighted by Crippen LogP contribution is -2.46. The quantitative estimate of drug-likeness (QED) is 0.825. The average Bonchev–Trinajstić information content (AvgIpc) is 2.46. The minimum Gasteiger partial charge on any atom is -0.353 e. The van der Waals surface area contributed by atoms with Gasteiger partial charge in [0.15, 0.2) is 0 Å². The molecular weight excluding hydrogens is 240 g/mol. The molecule has 2 rings (SSSR count). The Morgan fingerprint density at radius 2 is 2.11 bits per heavy atom. The predicted octanol–water partition coefficient (Wildman–Crippen LogP) is 1.08. The molecule has 1 aliphatic rings. The Bertz CT molecular complexity index is 441. The number of aryl methyl sites for hydroxylation is 1. The molecule has 1 aromatic rings. The summed E-state index contributed by atoms with van der Waals surface area (Å²) in [5.41, 5.74) is 8.28. The van der Waals surface area contributed by atoms with Gasteiger partial charge in [0, 0.05) is 38.4 Å². The lowest BCUT2D eigenvalue weighted by atomic mass is 10.1. The van der Waals surface area contributed by atoms with Crippen LogP contribution in [0.25, 0.3) is 0 Å². The summed E-state index contributed by atoms with van der Waals surface area (Å²) in [6, 6.07) is 2.19. The molecule has 104 valence electrons. The molecule has 0 aromatic carbocycles. The zero-order valence-electron chi connectivity index (χ0n) is 11.7. The van der Waals surface area contributed by atoms with E-state index in [0.29, 0.717) is 0 Å². The first-order valence-corrected chi connectivity index (χ1v) is 6.82. The predicted molar refractivity (Wildman–Crippen MR) is 76.0 cm³/mol. The second kappa shape index (κ2) is 6.02. The highest BCUT2D eigenvalue weighted by atomic mass is 16.1. The first-order chi connectivity index (χ1) is 9.15. The molecule has 5 heteroatoms. The molecule has 1 amide bonds. The number of pyridine rings is 1. The van der Waals surface area contributed by atoms with Gasteiger partial charge in [-0.2, -0.15) is 0 Å². The maximum atomic E-state index is 10.7. The molecule has 2 N–H and O–H groups in total. The summed E-state index contributed by atoms with van der Waals surface area (Å²) in [5.74, 6) is 1.01. The number of hydrogen-bond acceptors (Lipinski definition) is 4. The van der Waals surface area contributed by atoms with Crippen LogP contribution in [0.4, 0.5) is 5.82 Å². The molecule has 0 bridgehead atoms. The summed E-state index contributed by atoms with van der Waals surface area (Å²) in [4.78, 5) is 19.3. The van der Waals surface area contributed by atoms with Crippen LogP contribution in [0.1, 0.15) is 30.5 Å². The largest absolute Gasteiger partial charge is 0.353 e. The van der Waals surface area contributed by atoms with Crippen molar-refractivity contribution < 1.29 is 4.79 Å². The van der Waals surface area contributed by atoms with E-state index in [1.165, 1.54) is 0 Å². The lowest BCUT2D eigenvalue weighted by molar-refractivity contribution is -0.118. The fourth-order valence-electron chi connectivity index (χ4n) is 2.40. The van der Waals surface area contributed by atoms with Crippen molar-refractivity contribution in [1.29, 1.82) is 0 Å². The molecule has 1 fully saturated rings. The summed E-state index contributed by atoms with van der Waals surface area (Å²) in [5, 5.41) is 0. The van der Waals surface area contributed by atoms with Crippen LogP contribution in [-0.4, -0.2) is 42.5 Å². The van der Waals surface area contributed by atoms with Gasteiger partial charge >= 0.3 is 0 Å². The van der Waals surface area contributed by atoms with Gasteiger partial charge in [0.1, 0.15) is 5.82 Å². The smallest absolute Gasteiger partial charge is 0.209 e. The van der Waals surface area contributed by atoms with Crippen LogP contribution in [0.15, 0.2) is 12.3 Å². The molecule has 1 aliphatic heterocycles. The van der Waals surface area contributed by atoms with Gasteiger partial charge in [-0.25, -0.2) is 4.98 Å². The highest BCUT2D eigenvalue weighted by molar-refractivity contribution is 5.51. The van der Waals surface area contributed by atoms with Crippen LogP contribution in [0.3, 0.4) is 0 Å². The summed E-state index contributed by atoms with van der Waals surface area (Å²) >= 11 is 0. The maximum Gasteiger partial charge on any atom is 0.209 e. The Labute approximate surface area is 114 Å². The molecule has 0 spiro atoms. The molecule has 1 aromatic heterocycles. The van der Waals surface area contributed by atoms with Gasteiger partial charge in [-0.05, 0) is 30.5 Å². The standard InChI is InChI=1S/C14H22N4O/c1-3-13(15)12-8-11(2)14(16-9-12)18-6-4-17(10-19)5-7-18/h8-10,13H,3-7,15H2,1-2H3. The molecule has 1 unspecified atom stereocenters. The van der Waals surface area contributed by atoms with E-state index < -0.39 is 0 Å². The number of carbonyl (C=O) groups is 1. The van der Waals surface area contributed by atoms with Gasteiger partial charge in [0.05, 0.1) is 0 Å². The highest BCUT2D eigenvalue weighted by Gasteiger charge is 2.18. The van der Waals surface area contributed by atoms with Gasteiger partial charge in [0.25, 0.3) is 0 Å². The molecule has 2 heterocycles. The van der Waals surface area contributed by atoms with E-state index >= 15 is 0 Å². The topological polar surface area (TPSA) is 62.5 Å². The van der Waals surface area contributed by atoms with E-state index in [4.69, 9.17) is 5.73 Å². The Morgan fingerprint density at radius 1 is 1.42 bits per heavy atom. The number of nitrogens with two attached hydrogens (primary N) is 1. The number of anilines is 1. The second-order valence-corrected chi connectivity index (χ2v) is 5.05. The van der Waals surface area contributed by atoms with Crippen molar-refractivity contribution in [2.75, 3.05) is 31.1 Å². The number of carbonyl (C=O) groups excluding carboxylic acids is 1. The Kier molecular flexibility index (Phi) is 4.37. The average molecular weight is 262 g/mol. The zero-order valence-corrected chi connectivity index (χ0v) is 11.7. The lowest BCUT2D eigenvalue weighted by Gasteiger charge is -2.34. The number of hydrogen-bond donors (Lipinski definition) is 1. The Morgan fingerprint density at radius 3 is 2.63 bits per heavy atom. The Hall–Kier alpha value is -1.62. The van der Waals surface area contributed by atoms with Crippen molar-refractivity contribution in [3.8, 4) is 0 Å². The first kappa shape index (κ1) is 13.8. The molecule has 1 saturated heterocycles. The number of amides is 1. The van der Waals surface area contributed by atoms with Gasteiger partial charge in [-0.15, -0.1) is 0 Å². The molecule has 0 radical (unpaired) electrons. The van der Waals surface area contributed by atoms with Gasteiger partial charge < -0.3 is 15.5 Å². The van der Waals surface area contributed by atoms with Crippen molar-refractivity contribution in [1.82, 2.24) is 9.88 Å². The van der Waals surface area contributed by atoms with Gasteiger partial charge in [-0.3, -0.25) is 4.79 Å². The summed E-state index contributed by atoms with van der Waals surface area (Å²) < 4.78 is 0. The molecule has 0 saturated carbocycles. The third kappa shape index (κ3) is 3.04. The van der Waals surface area contributed by atoms with Crippen LogP contribution < -0.4 is 10.6 Å². The number of rotatable bonds is 4. The summed E-state index contributed by atoms with van der Waals surface area (Å²) in [6.45, 7) is 7.35. The van der Waals surface area contributed by atoms with Crippen LogP contribution in [0, 0.1) is 6.92 Å². The second-order valence-electron chi connectivity index (χ2n) is 5.05. The van der Waals surface area contributed by atoms with Crippen LogP contribution >= 0.6 is 0 Å². The number of nitrogens with zero attached hydrogens (tertiary/aromatic N) is 3. The highest BCUT2D eigenvalue weighted by Crippen LogP contribution is 2.22. The molecule has 0 aliphatic carbocycles. The minimum absolute atomic E-state index is 0.0622. The third-order valence-corrected chi connectivity index (χ3v) is 3.70. The number of aromatic nitrogens is 1. The molecule has 19 heavy (non-hydrogen) atoms. The van der Waals surface area contributed by atoms with E-state index in [9.17, 15) is 4.79 Å². The molecule has 5 nitrogen and oxygen atoms in total. The molecule has 1 atom stereocenters. The fraction of sp³-hybridized carbons (Fsp3) is 0.571. The SMILES string of the molecule is CCC(N)c1cnc(N2CCN(C=O)CC2)c(C)c1. The van der Waals surface area contributed by atoms with E-state index in [1.807, 2.05) is 6.20 Å². The van der Waals surface area contributed by atoms with Crippen molar-refractivity contribution in [2.24, 2.45) is 5.73 Å². The van der Waals surface area contributed by atoms with Crippen LogP contribution in [0.2, 0.25) is 0 Å². The first-order valence-electron chi connectivity index (χ1n) is 6.82. The van der Waals surface area contributed by atoms with Gasteiger partial charge in [-0.1, -0.05) is 6.92 Å². The summed E-state index contributed by atoms with van der Waals surface area (Å²) in [6.07, 6.45) is 3.71. The van der Waals surface area contributed by atoms with Crippen LogP contribution in [0.5, 0.6) is 0 Å². The van der Waals surface area contributed by atoms with E-state index in [0.717, 1.165) is 56.0 Å². The summed E-state index contributed by atoms with van der Waals surface area (Å²) in [7, 11) is 0. The van der Waals surface area contributed by atoms with Gasteiger partial charge in [0.2, 0.25) is 6.41 Å². The van der Waals surface area contributed by atoms with Crippen molar-refractivity contribution in [2.45, 2.75) is 26.3 Å². The minimum atomic E-state index is 0.0622. The van der Waals surface area contributed by atoms with E-state index in [2.05, 4.69) is 29.8 Å². The Balaban J connectivity index is 2.11. The monoisotopic (exact) mass is 262 g/mol. The normalized spacial score (nSPS) is 17.4. The maximum absolute atomic E-state index is 10.7.